The van der Waals surface area contributed by atoms with E-state index >= 15 is 0 Å². The summed E-state index contributed by atoms with van der Waals surface area (Å²) < 4.78 is 4.36. The monoisotopic (exact) mass is 512 g/mol. The molecule has 4 aromatic heterocycles. The van der Waals surface area contributed by atoms with E-state index in [1.165, 1.54) is 0 Å². The van der Waals surface area contributed by atoms with E-state index < -0.39 is 0 Å². The number of benzene rings is 5. The molecule has 0 aliphatic carbocycles. The molecular formula is C34H20N6. The molecule has 5 aromatic carbocycles. The maximum atomic E-state index is 5.24. The van der Waals surface area contributed by atoms with Gasteiger partial charge in [0.05, 0.1) is 33.1 Å². The first-order chi connectivity index (χ1) is 19.8. The van der Waals surface area contributed by atoms with Crippen LogP contribution in [-0.4, -0.2) is 28.7 Å². The second-order valence-electron chi connectivity index (χ2n) is 9.97. The standard InChI is InChI=1S/C34H20N6/c1-2-12-22(32-36-26-16-6-4-14-24(26)34-38-28-18-8-10-20-30(28)40(32)34)21(11-1)31-35-25-15-5-3-13-23(25)33-37-27-17-7-9-19-29(27)39(31)33/h1-20H. The highest BCUT2D eigenvalue weighted by atomic mass is 15.1. The van der Waals surface area contributed by atoms with E-state index in [9.17, 15) is 0 Å². The minimum Gasteiger partial charge on any atom is -0.276 e. The Hall–Kier alpha value is -5.62. The van der Waals surface area contributed by atoms with Crippen molar-refractivity contribution in [3.05, 3.63) is 121 Å². The molecule has 0 saturated heterocycles. The topological polar surface area (TPSA) is 60.4 Å². The molecule has 0 atom stereocenters. The largest absolute Gasteiger partial charge is 0.276 e. The summed E-state index contributed by atoms with van der Waals surface area (Å²) in [5, 5.41) is 2.04. The van der Waals surface area contributed by atoms with Crippen molar-refractivity contribution in [3.63, 3.8) is 0 Å². The third-order valence-electron chi connectivity index (χ3n) is 7.70. The SMILES string of the molecule is c1ccc(-c2nc3ccccc3c3nc4ccccc4n23)c(-c2nc3ccccc3c3nc4ccccc4n23)c1. The van der Waals surface area contributed by atoms with Gasteiger partial charge < -0.3 is 0 Å². The van der Waals surface area contributed by atoms with Gasteiger partial charge in [-0.25, -0.2) is 19.9 Å². The molecule has 0 aliphatic heterocycles. The second-order valence-corrected chi connectivity index (χ2v) is 9.97. The number of fused-ring (bicyclic) bond motifs is 10. The van der Waals surface area contributed by atoms with Crippen molar-refractivity contribution in [2.24, 2.45) is 0 Å². The molecule has 0 aliphatic rings. The Morgan fingerprint density at radius 1 is 0.350 bits per heavy atom. The lowest BCUT2D eigenvalue weighted by Crippen LogP contribution is -2.03. The minimum absolute atomic E-state index is 0.825. The third kappa shape index (κ3) is 2.87. The van der Waals surface area contributed by atoms with E-state index in [0.717, 1.165) is 77.9 Å². The van der Waals surface area contributed by atoms with Crippen LogP contribution in [-0.2, 0) is 0 Å². The van der Waals surface area contributed by atoms with Crippen LogP contribution in [0.3, 0.4) is 0 Å². The Bertz CT molecular complexity index is 2280. The lowest BCUT2D eigenvalue weighted by molar-refractivity contribution is 1.14. The normalized spacial score (nSPS) is 12.0. The van der Waals surface area contributed by atoms with Gasteiger partial charge in [0.25, 0.3) is 0 Å². The van der Waals surface area contributed by atoms with Crippen molar-refractivity contribution in [1.29, 1.82) is 0 Å². The molecular weight excluding hydrogens is 492 g/mol. The quantitative estimate of drug-likeness (QED) is 0.238. The Balaban J connectivity index is 1.46. The number of hydrogen-bond donors (Lipinski definition) is 0. The summed E-state index contributed by atoms with van der Waals surface area (Å²) >= 11 is 0. The number of imidazole rings is 2. The van der Waals surface area contributed by atoms with Gasteiger partial charge in [-0.3, -0.25) is 8.80 Å². The highest BCUT2D eigenvalue weighted by molar-refractivity contribution is 6.01. The molecule has 40 heavy (non-hydrogen) atoms. The van der Waals surface area contributed by atoms with E-state index in [-0.39, 0.29) is 0 Å². The van der Waals surface area contributed by atoms with Gasteiger partial charge in [-0.15, -0.1) is 0 Å². The van der Waals surface area contributed by atoms with Crippen molar-refractivity contribution in [2.75, 3.05) is 0 Å². The predicted molar refractivity (Wildman–Crippen MR) is 160 cm³/mol. The summed E-state index contributed by atoms with van der Waals surface area (Å²) in [5.74, 6) is 1.65. The molecule has 0 amide bonds. The van der Waals surface area contributed by atoms with Crippen LogP contribution in [0.15, 0.2) is 121 Å². The Kier molecular flexibility index (Phi) is 4.24. The van der Waals surface area contributed by atoms with Crippen LogP contribution >= 0.6 is 0 Å². The van der Waals surface area contributed by atoms with Crippen LogP contribution in [0.4, 0.5) is 0 Å². The van der Waals surface area contributed by atoms with Crippen LogP contribution in [0.2, 0.25) is 0 Å². The fourth-order valence-corrected chi connectivity index (χ4v) is 5.93. The number of para-hydroxylation sites is 6. The zero-order chi connectivity index (χ0) is 26.2. The second kappa shape index (κ2) is 7.94. The van der Waals surface area contributed by atoms with Crippen LogP contribution in [0, 0.1) is 0 Å². The Labute approximate surface area is 227 Å². The molecule has 6 nitrogen and oxygen atoms in total. The van der Waals surface area contributed by atoms with Gasteiger partial charge in [0.1, 0.15) is 22.9 Å². The molecule has 9 aromatic rings. The molecule has 0 saturated carbocycles. The molecule has 0 unspecified atom stereocenters. The van der Waals surface area contributed by atoms with Crippen LogP contribution < -0.4 is 0 Å². The first-order valence-corrected chi connectivity index (χ1v) is 13.3. The highest BCUT2D eigenvalue weighted by Crippen LogP contribution is 2.37. The smallest absolute Gasteiger partial charge is 0.149 e. The Morgan fingerprint density at radius 3 is 1.20 bits per heavy atom. The van der Waals surface area contributed by atoms with Crippen molar-refractivity contribution in [3.8, 4) is 22.8 Å². The number of hydrogen-bond acceptors (Lipinski definition) is 4. The lowest BCUT2D eigenvalue weighted by Gasteiger charge is -2.15. The van der Waals surface area contributed by atoms with Gasteiger partial charge in [-0.2, -0.15) is 0 Å². The first-order valence-electron chi connectivity index (χ1n) is 13.3. The molecule has 186 valence electrons. The van der Waals surface area contributed by atoms with Crippen LogP contribution in [0.1, 0.15) is 0 Å². The van der Waals surface area contributed by atoms with Gasteiger partial charge in [-0.1, -0.05) is 72.8 Å². The van der Waals surface area contributed by atoms with Crippen molar-refractivity contribution in [1.82, 2.24) is 28.7 Å². The minimum atomic E-state index is 0.825. The fraction of sp³-hybridized carbons (Fsp3) is 0. The van der Waals surface area contributed by atoms with Crippen LogP contribution in [0.5, 0.6) is 0 Å². The highest BCUT2D eigenvalue weighted by Gasteiger charge is 2.21. The summed E-state index contributed by atoms with van der Waals surface area (Å²) in [7, 11) is 0. The number of nitrogens with zero attached hydrogens (tertiary/aromatic N) is 6. The molecule has 6 heteroatoms. The summed E-state index contributed by atoms with van der Waals surface area (Å²) in [6.07, 6.45) is 0. The summed E-state index contributed by atoms with van der Waals surface area (Å²) in [6.45, 7) is 0. The molecule has 4 heterocycles. The van der Waals surface area contributed by atoms with Crippen molar-refractivity contribution >= 4 is 55.2 Å². The average Bonchev–Trinajstić information content (AvgIpc) is 3.60. The predicted octanol–water partition coefficient (Wildman–Crippen LogP) is 7.72. The number of rotatable bonds is 2. The van der Waals surface area contributed by atoms with Gasteiger partial charge in [0.2, 0.25) is 0 Å². The van der Waals surface area contributed by atoms with E-state index in [1.807, 2.05) is 48.5 Å². The Morgan fingerprint density at radius 2 is 0.725 bits per heavy atom. The van der Waals surface area contributed by atoms with E-state index in [0.29, 0.717) is 0 Å². The molecule has 0 fully saturated rings. The average molecular weight is 513 g/mol. The van der Waals surface area contributed by atoms with Crippen molar-refractivity contribution in [2.45, 2.75) is 0 Å². The van der Waals surface area contributed by atoms with E-state index in [4.69, 9.17) is 19.9 Å². The van der Waals surface area contributed by atoms with Gasteiger partial charge in [0, 0.05) is 21.9 Å². The van der Waals surface area contributed by atoms with Gasteiger partial charge in [-0.05, 0) is 48.5 Å². The fourth-order valence-electron chi connectivity index (χ4n) is 5.93. The van der Waals surface area contributed by atoms with E-state index in [1.54, 1.807) is 0 Å². The van der Waals surface area contributed by atoms with Crippen LogP contribution in [0.25, 0.3) is 77.9 Å². The molecule has 0 spiro atoms. The number of aromatic nitrogens is 6. The maximum absolute atomic E-state index is 5.24. The molecule has 0 N–H and O–H groups in total. The molecule has 0 radical (unpaired) electrons. The summed E-state index contributed by atoms with van der Waals surface area (Å²) in [5.41, 5.74) is 9.45. The summed E-state index contributed by atoms with van der Waals surface area (Å²) in [6, 6.07) is 41.3. The van der Waals surface area contributed by atoms with E-state index in [2.05, 4.69) is 81.6 Å². The third-order valence-corrected chi connectivity index (χ3v) is 7.70. The molecule has 9 rings (SSSR count). The zero-order valence-corrected chi connectivity index (χ0v) is 21.2. The van der Waals surface area contributed by atoms with Crippen molar-refractivity contribution < 1.29 is 0 Å². The summed E-state index contributed by atoms with van der Waals surface area (Å²) in [4.78, 5) is 20.6. The van der Waals surface area contributed by atoms with Gasteiger partial charge in [0.15, 0.2) is 0 Å². The molecule has 0 bridgehead atoms. The lowest BCUT2D eigenvalue weighted by atomic mass is 10.0. The maximum Gasteiger partial charge on any atom is 0.149 e. The zero-order valence-electron chi connectivity index (χ0n) is 21.2. The van der Waals surface area contributed by atoms with Gasteiger partial charge >= 0.3 is 0 Å². The first kappa shape index (κ1) is 21.3.